The van der Waals surface area contributed by atoms with Gasteiger partial charge in [-0.05, 0) is 86.7 Å². The van der Waals surface area contributed by atoms with Gasteiger partial charge in [0.05, 0.1) is 22.6 Å². The smallest absolute Gasteiger partial charge is 0.262 e. The first-order valence-corrected chi connectivity index (χ1v) is 20.7. The fourth-order valence-corrected chi connectivity index (χ4v) is 9.45. The summed E-state index contributed by atoms with van der Waals surface area (Å²) < 4.78 is 7.97. The summed E-state index contributed by atoms with van der Waals surface area (Å²) >= 11 is 0. The van der Waals surface area contributed by atoms with E-state index in [1.54, 1.807) is 12.1 Å². The van der Waals surface area contributed by atoms with Gasteiger partial charge in [-0.2, -0.15) is 5.10 Å². The molecule has 3 aromatic carbocycles. The van der Waals surface area contributed by atoms with Gasteiger partial charge in [0.2, 0.25) is 17.7 Å². The Balaban J connectivity index is 0.723. The topological polar surface area (TPSA) is 189 Å². The third-order valence-electron chi connectivity index (χ3n) is 12.8. The summed E-state index contributed by atoms with van der Waals surface area (Å²) in [6.45, 7) is 4.51. The average Bonchev–Trinajstić information content (AvgIpc) is 3.76. The number of aromatic nitrogens is 4. The molecule has 60 heavy (non-hydrogen) atoms. The monoisotopic (exact) mass is 808 g/mol. The van der Waals surface area contributed by atoms with Crippen LogP contribution in [-0.4, -0.2) is 115 Å². The van der Waals surface area contributed by atoms with Crippen molar-refractivity contribution in [1.82, 2.24) is 39.8 Å². The van der Waals surface area contributed by atoms with Crippen LogP contribution in [0.15, 0.2) is 79.1 Å². The molecule has 1 aliphatic carbocycles. The molecule has 0 bridgehead atoms. The van der Waals surface area contributed by atoms with Crippen molar-refractivity contribution in [3.8, 4) is 22.8 Å². The summed E-state index contributed by atoms with van der Waals surface area (Å²) in [6.07, 6.45) is 4.82. The van der Waals surface area contributed by atoms with E-state index in [-0.39, 0.29) is 41.8 Å². The van der Waals surface area contributed by atoms with Crippen LogP contribution in [0.1, 0.15) is 65.3 Å². The second kappa shape index (κ2) is 15.2. The number of amides is 5. The van der Waals surface area contributed by atoms with Crippen LogP contribution in [0.4, 0.5) is 11.5 Å². The number of carbonyl (C=O) groups is 5. The maximum absolute atomic E-state index is 13.7. The summed E-state index contributed by atoms with van der Waals surface area (Å²) in [5.41, 5.74) is 10.1. The zero-order chi connectivity index (χ0) is 41.1. The average molecular weight is 809 g/mol. The molecule has 4 aliphatic heterocycles. The highest BCUT2D eigenvalue weighted by molar-refractivity contribution is 6.23. The van der Waals surface area contributed by atoms with Crippen molar-refractivity contribution >= 4 is 52.1 Å². The van der Waals surface area contributed by atoms with Crippen LogP contribution in [0.3, 0.4) is 0 Å². The zero-order valence-corrected chi connectivity index (χ0v) is 32.9. The molecule has 1 unspecified atom stereocenters. The largest absolute Gasteiger partial charge is 0.457 e. The number of anilines is 2. The van der Waals surface area contributed by atoms with Crippen LogP contribution in [-0.2, 0) is 14.4 Å². The molecule has 10 rings (SSSR count). The maximum Gasteiger partial charge on any atom is 0.262 e. The van der Waals surface area contributed by atoms with Crippen molar-refractivity contribution < 1.29 is 28.7 Å². The third-order valence-corrected chi connectivity index (χ3v) is 12.8. The lowest BCUT2D eigenvalue weighted by Crippen LogP contribution is -2.65. The molecule has 5 aliphatic rings. The number of nitrogens with one attached hydrogen (secondary N) is 1. The molecule has 0 spiro atoms. The minimum Gasteiger partial charge on any atom is -0.457 e. The second-order valence-corrected chi connectivity index (χ2v) is 16.3. The third kappa shape index (κ3) is 6.69. The van der Waals surface area contributed by atoms with E-state index in [0.717, 1.165) is 84.8 Å². The summed E-state index contributed by atoms with van der Waals surface area (Å²) in [5.74, 6) is 0.0106. The number of likely N-dealkylation sites (tertiary alicyclic amines) is 1. The van der Waals surface area contributed by atoms with E-state index >= 15 is 0 Å². The molecule has 1 saturated carbocycles. The van der Waals surface area contributed by atoms with Gasteiger partial charge in [0.25, 0.3) is 11.8 Å². The lowest BCUT2D eigenvalue weighted by molar-refractivity contribution is -0.144. The molecular formula is C44H44N10O6. The number of fused-ring (bicyclic) bond motifs is 2. The van der Waals surface area contributed by atoms with E-state index in [1.165, 1.54) is 6.33 Å². The number of nitrogens with zero attached hydrogens (tertiary/aromatic N) is 8. The van der Waals surface area contributed by atoms with Gasteiger partial charge in [0, 0.05) is 68.9 Å². The van der Waals surface area contributed by atoms with Gasteiger partial charge in [-0.15, -0.1) is 0 Å². The Morgan fingerprint density at radius 2 is 1.48 bits per heavy atom. The predicted molar refractivity (Wildman–Crippen MR) is 220 cm³/mol. The zero-order valence-electron chi connectivity index (χ0n) is 32.9. The molecule has 6 heterocycles. The second-order valence-electron chi connectivity index (χ2n) is 16.3. The number of piperidine rings is 1. The summed E-state index contributed by atoms with van der Waals surface area (Å²) in [4.78, 5) is 80.8. The molecule has 4 fully saturated rings. The molecule has 0 radical (unpaired) electrons. The SMILES string of the molecule is Nc1ncnc2c1c(-c1ccc(Oc3ccccc3)cc1)nn2C1CCC(C(=O)N2CC(N3CCN(c4ccc5c(c4)C(=O)N(C4CCC(=O)NC4=O)C5=O)CC3)C2)CC1. The highest BCUT2D eigenvalue weighted by Crippen LogP contribution is 2.39. The number of nitrogens with two attached hydrogens (primary N) is 1. The van der Waals surface area contributed by atoms with Crippen molar-refractivity contribution in [3.63, 3.8) is 0 Å². The molecule has 5 amide bonds. The number of imide groups is 2. The van der Waals surface area contributed by atoms with Crippen LogP contribution in [0.5, 0.6) is 11.5 Å². The first-order valence-electron chi connectivity index (χ1n) is 20.7. The maximum atomic E-state index is 13.7. The minimum atomic E-state index is -0.990. The Morgan fingerprint density at radius 1 is 0.767 bits per heavy atom. The summed E-state index contributed by atoms with van der Waals surface area (Å²) in [7, 11) is 0. The lowest BCUT2D eigenvalue weighted by Gasteiger charge is -2.49. The molecular weight excluding hydrogens is 765 g/mol. The van der Waals surface area contributed by atoms with Gasteiger partial charge in [0.15, 0.2) is 5.65 Å². The number of piperazine rings is 1. The Labute approximate surface area is 345 Å². The van der Waals surface area contributed by atoms with Crippen molar-refractivity contribution in [2.24, 2.45) is 5.92 Å². The normalized spacial score (nSPS) is 22.5. The summed E-state index contributed by atoms with van der Waals surface area (Å²) in [5, 5.41) is 8.02. The van der Waals surface area contributed by atoms with Crippen molar-refractivity contribution in [1.29, 1.82) is 0 Å². The number of nitrogen functional groups attached to an aromatic ring is 1. The molecule has 2 aromatic heterocycles. The van der Waals surface area contributed by atoms with Crippen LogP contribution in [0, 0.1) is 5.92 Å². The van der Waals surface area contributed by atoms with Gasteiger partial charge in [0.1, 0.15) is 35.4 Å². The quantitative estimate of drug-likeness (QED) is 0.215. The van der Waals surface area contributed by atoms with E-state index in [9.17, 15) is 24.0 Å². The van der Waals surface area contributed by atoms with Gasteiger partial charge < -0.3 is 20.3 Å². The molecule has 16 nitrogen and oxygen atoms in total. The van der Waals surface area contributed by atoms with E-state index in [0.29, 0.717) is 36.3 Å². The Hall–Kier alpha value is -6.68. The van der Waals surface area contributed by atoms with Gasteiger partial charge >= 0.3 is 0 Å². The molecule has 306 valence electrons. The number of carbonyl (C=O) groups excluding carboxylic acids is 5. The highest BCUT2D eigenvalue weighted by Gasteiger charge is 2.45. The van der Waals surface area contributed by atoms with E-state index in [2.05, 4.69) is 25.1 Å². The Kier molecular flexibility index (Phi) is 9.50. The standard InChI is InChI=1S/C44H44N10O6/c45-39-37-38(26-8-13-32(14-9-26)60-31-4-2-1-3-5-31)49-54(40(37)47-25-46-39)28-10-6-27(7-11-28)42(57)52-23-30(24-52)51-20-18-50(19-21-51)29-12-15-33-34(22-29)44(59)53(43(33)58)35-16-17-36(55)48-41(35)56/h1-5,8-9,12-15,22,25,27-28,30,35H,6-7,10-11,16-21,23-24H2,(H2,45,46,47)(H,48,55,56). The number of ether oxygens (including phenoxy) is 1. The molecule has 3 saturated heterocycles. The number of para-hydroxylation sites is 1. The summed E-state index contributed by atoms with van der Waals surface area (Å²) in [6, 6.07) is 22.0. The van der Waals surface area contributed by atoms with Gasteiger partial charge in [-0.3, -0.25) is 39.1 Å². The van der Waals surface area contributed by atoms with Crippen LogP contribution < -0.4 is 20.7 Å². The van der Waals surface area contributed by atoms with E-state index < -0.39 is 29.7 Å². The Bertz CT molecular complexity index is 2520. The first kappa shape index (κ1) is 37.6. The molecule has 3 N–H and O–H groups in total. The number of rotatable bonds is 8. The molecule has 16 heteroatoms. The van der Waals surface area contributed by atoms with Crippen molar-refractivity contribution in [3.05, 3.63) is 90.3 Å². The van der Waals surface area contributed by atoms with Crippen LogP contribution in [0.25, 0.3) is 22.3 Å². The fourth-order valence-electron chi connectivity index (χ4n) is 9.45. The number of benzene rings is 3. The van der Waals surface area contributed by atoms with Gasteiger partial charge in [-0.25, -0.2) is 14.6 Å². The highest BCUT2D eigenvalue weighted by atomic mass is 16.5. The Morgan fingerprint density at radius 3 is 2.22 bits per heavy atom. The predicted octanol–water partition coefficient (Wildman–Crippen LogP) is 4.03. The van der Waals surface area contributed by atoms with E-state index in [4.69, 9.17) is 15.6 Å². The minimum absolute atomic E-state index is 0.0301. The number of hydrogen-bond acceptors (Lipinski definition) is 12. The van der Waals surface area contributed by atoms with Gasteiger partial charge in [-0.1, -0.05) is 18.2 Å². The van der Waals surface area contributed by atoms with E-state index in [1.807, 2.05) is 70.2 Å². The van der Waals surface area contributed by atoms with Crippen LogP contribution in [0.2, 0.25) is 0 Å². The lowest BCUT2D eigenvalue weighted by atomic mass is 9.84. The number of hydrogen-bond donors (Lipinski definition) is 2. The van der Waals surface area contributed by atoms with Crippen molar-refractivity contribution in [2.75, 3.05) is 49.9 Å². The molecule has 5 aromatic rings. The molecule has 1 atom stereocenters. The van der Waals surface area contributed by atoms with Crippen LogP contribution >= 0.6 is 0 Å². The first-order chi connectivity index (χ1) is 29.2. The van der Waals surface area contributed by atoms with Crippen molar-refractivity contribution in [2.45, 2.75) is 56.7 Å². The fraction of sp³-hybridized carbons (Fsp3) is 0.364.